The molecule has 2 rings (SSSR count). The quantitative estimate of drug-likeness (QED) is 0.0613. The van der Waals surface area contributed by atoms with Gasteiger partial charge in [0.25, 0.3) is 5.91 Å². The number of carbonyl (C=O) groups is 3. The first-order valence-corrected chi connectivity index (χ1v) is 26.8. The first-order valence-electron chi connectivity index (χ1n) is 26.8. The molecule has 2 amide bonds. The molecule has 0 N–H and O–H groups in total. The summed E-state index contributed by atoms with van der Waals surface area (Å²) in [6.45, 7) is 13.6. The third kappa shape index (κ3) is 26.9. The number of hydrogen-bond donors (Lipinski definition) is 0. The Kier molecular flexibility index (Phi) is 33.8. The molecule has 0 spiro atoms. The molecule has 62 heavy (non-hydrogen) atoms. The zero-order valence-electron chi connectivity index (χ0n) is 41.5. The summed E-state index contributed by atoms with van der Waals surface area (Å²) in [6, 6.07) is 3.83. The molecule has 1 fully saturated rings. The average Bonchev–Trinajstić information content (AvgIpc) is 3.27. The number of aryl methyl sites for hydroxylation is 1. The van der Waals surface area contributed by atoms with E-state index in [0.29, 0.717) is 50.7 Å². The van der Waals surface area contributed by atoms with Crippen molar-refractivity contribution in [3.63, 3.8) is 0 Å². The van der Waals surface area contributed by atoms with Gasteiger partial charge in [0.2, 0.25) is 5.91 Å². The van der Waals surface area contributed by atoms with Crippen LogP contribution in [0.25, 0.3) is 0 Å². The van der Waals surface area contributed by atoms with E-state index in [-0.39, 0.29) is 36.4 Å². The van der Waals surface area contributed by atoms with E-state index < -0.39 is 0 Å². The van der Waals surface area contributed by atoms with Crippen LogP contribution in [0.3, 0.4) is 0 Å². The number of ketones is 1. The summed E-state index contributed by atoms with van der Waals surface area (Å²) in [5, 5.41) is 0. The fourth-order valence-corrected chi connectivity index (χ4v) is 8.83. The fourth-order valence-electron chi connectivity index (χ4n) is 8.83. The minimum Gasteiger partial charge on any atom is -0.490 e. The molecule has 1 saturated heterocycles. The Hall–Kier alpha value is -2.57. The van der Waals surface area contributed by atoms with Gasteiger partial charge in [0.1, 0.15) is 5.78 Å². The van der Waals surface area contributed by atoms with E-state index in [1.54, 1.807) is 4.90 Å². The van der Waals surface area contributed by atoms with E-state index >= 15 is 0 Å². The second-order valence-electron chi connectivity index (χ2n) is 19.2. The van der Waals surface area contributed by atoms with Crippen LogP contribution >= 0.6 is 0 Å². The van der Waals surface area contributed by atoms with Crippen molar-refractivity contribution < 1.29 is 23.9 Å². The Balaban J connectivity index is 1.77. The first-order chi connectivity index (χ1) is 30.3. The Labute approximate surface area is 383 Å². The lowest BCUT2D eigenvalue weighted by Gasteiger charge is -2.35. The number of amides is 2. The Bertz CT molecular complexity index is 1270. The maximum absolute atomic E-state index is 13.8. The molecule has 358 valence electrons. The van der Waals surface area contributed by atoms with E-state index in [0.717, 1.165) is 30.6 Å². The highest BCUT2D eigenvalue weighted by molar-refractivity contribution is 5.95. The van der Waals surface area contributed by atoms with E-state index in [9.17, 15) is 14.4 Å². The van der Waals surface area contributed by atoms with Crippen molar-refractivity contribution in [3.8, 4) is 11.5 Å². The van der Waals surface area contributed by atoms with Crippen LogP contribution in [0.5, 0.6) is 11.5 Å². The zero-order chi connectivity index (χ0) is 44.9. The Morgan fingerprint density at radius 3 is 1.23 bits per heavy atom. The SMILES string of the molecule is CCCCCCCCCCCCCCCCCCOc1cc(C(=O)N2CCN(C(=O)CCC(=O)C(C)C)CC2)cc(C)c1OCCCCCCCCCCCCCCCCCC. The van der Waals surface area contributed by atoms with E-state index in [2.05, 4.69) is 13.8 Å². The second kappa shape index (κ2) is 37.8. The molecule has 0 aromatic heterocycles. The topological polar surface area (TPSA) is 76.2 Å². The molecule has 0 bridgehead atoms. The van der Waals surface area contributed by atoms with Crippen LogP contribution < -0.4 is 9.47 Å². The van der Waals surface area contributed by atoms with Crippen molar-refractivity contribution in [1.82, 2.24) is 9.80 Å². The highest BCUT2D eigenvalue weighted by Gasteiger charge is 2.26. The minimum atomic E-state index is -0.0564. The van der Waals surface area contributed by atoms with Crippen LogP contribution in [0.1, 0.15) is 262 Å². The van der Waals surface area contributed by atoms with Crippen molar-refractivity contribution in [2.45, 2.75) is 253 Å². The van der Waals surface area contributed by atoms with Gasteiger partial charge in [0.15, 0.2) is 11.5 Å². The number of Topliss-reactive ketones (excluding diaryl/α,β-unsaturated/α-hetero) is 1. The normalized spacial score (nSPS) is 13.0. The molecule has 1 aliphatic rings. The summed E-state index contributed by atoms with van der Waals surface area (Å²) in [6.07, 6.45) is 43.4. The summed E-state index contributed by atoms with van der Waals surface area (Å²) < 4.78 is 12.9. The van der Waals surface area contributed by atoms with Crippen LogP contribution in [-0.4, -0.2) is 66.8 Å². The van der Waals surface area contributed by atoms with Gasteiger partial charge in [-0.15, -0.1) is 0 Å². The molecule has 7 heteroatoms. The number of unbranched alkanes of at least 4 members (excludes halogenated alkanes) is 30. The van der Waals surface area contributed by atoms with Gasteiger partial charge >= 0.3 is 0 Å². The highest BCUT2D eigenvalue weighted by atomic mass is 16.5. The number of hydrogen-bond acceptors (Lipinski definition) is 5. The first kappa shape index (κ1) is 55.6. The molecule has 0 aliphatic carbocycles. The van der Waals surface area contributed by atoms with Gasteiger partial charge in [-0.1, -0.05) is 220 Å². The van der Waals surface area contributed by atoms with Gasteiger partial charge in [-0.05, 0) is 37.5 Å². The fraction of sp³-hybridized carbons (Fsp3) is 0.836. The lowest BCUT2D eigenvalue weighted by molar-refractivity contribution is -0.135. The molecular weight excluding hydrogens is 769 g/mol. The monoisotopic (exact) mass is 867 g/mol. The minimum absolute atomic E-state index is 0.00226. The van der Waals surface area contributed by atoms with Crippen LogP contribution in [0.2, 0.25) is 0 Å². The number of ether oxygens (including phenoxy) is 2. The second-order valence-corrected chi connectivity index (χ2v) is 19.2. The summed E-state index contributed by atoms with van der Waals surface area (Å²) in [7, 11) is 0. The lowest BCUT2D eigenvalue weighted by atomic mass is 10.0. The molecule has 1 aromatic rings. The molecule has 0 radical (unpaired) electrons. The van der Waals surface area contributed by atoms with Gasteiger partial charge in [-0.3, -0.25) is 14.4 Å². The van der Waals surface area contributed by atoms with Crippen LogP contribution in [0.15, 0.2) is 12.1 Å². The number of nitrogens with zero attached hydrogens (tertiary/aromatic N) is 2. The maximum Gasteiger partial charge on any atom is 0.254 e. The summed E-state index contributed by atoms with van der Waals surface area (Å²) in [4.78, 5) is 42.3. The number of benzene rings is 1. The third-order valence-electron chi connectivity index (χ3n) is 13.1. The van der Waals surface area contributed by atoms with Crippen molar-refractivity contribution in [2.24, 2.45) is 5.92 Å². The number of carbonyl (C=O) groups excluding carboxylic acids is 3. The summed E-state index contributed by atoms with van der Waals surface area (Å²) >= 11 is 0. The Morgan fingerprint density at radius 2 is 0.839 bits per heavy atom. The predicted octanol–water partition coefficient (Wildman–Crippen LogP) is 15.6. The van der Waals surface area contributed by atoms with Gasteiger partial charge in [-0.25, -0.2) is 0 Å². The molecule has 0 unspecified atom stereocenters. The van der Waals surface area contributed by atoms with Crippen molar-refractivity contribution in [1.29, 1.82) is 0 Å². The van der Waals surface area contributed by atoms with Crippen molar-refractivity contribution in [3.05, 3.63) is 23.3 Å². The molecule has 0 saturated carbocycles. The molecule has 1 aliphatic heterocycles. The average molecular weight is 867 g/mol. The molecule has 1 heterocycles. The number of piperazine rings is 1. The summed E-state index contributed by atoms with van der Waals surface area (Å²) in [5.41, 5.74) is 1.54. The lowest BCUT2D eigenvalue weighted by Crippen LogP contribution is -2.50. The summed E-state index contributed by atoms with van der Waals surface area (Å²) in [5.74, 6) is 1.47. The van der Waals surface area contributed by atoms with Gasteiger partial charge in [0.05, 0.1) is 13.2 Å². The van der Waals surface area contributed by atoms with Crippen LogP contribution in [0.4, 0.5) is 0 Å². The maximum atomic E-state index is 13.8. The van der Waals surface area contributed by atoms with E-state index in [1.807, 2.05) is 37.8 Å². The van der Waals surface area contributed by atoms with Gasteiger partial charge < -0.3 is 19.3 Å². The highest BCUT2D eigenvalue weighted by Crippen LogP contribution is 2.34. The molecule has 7 nitrogen and oxygen atoms in total. The largest absolute Gasteiger partial charge is 0.490 e. The molecule has 0 atom stereocenters. The third-order valence-corrected chi connectivity index (χ3v) is 13.1. The van der Waals surface area contributed by atoms with Gasteiger partial charge in [-0.2, -0.15) is 0 Å². The zero-order valence-corrected chi connectivity index (χ0v) is 41.5. The molecular formula is C55H98N2O5. The smallest absolute Gasteiger partial charge is 0.254 e. The van der Waals surface area contributed by atoms with Crippen LogP contribution in [0, 0.1) is 12.8 Å². The Morgan fingerprint density at radius 1 is 0.484 bits per heavy atom. The molecule has 1 aromatic carbocycles. The predicted molar refractivity (Wildman–Crippen MR) is 263 cm³/mol. The van der Waals surface area contributed by atoms with E-state index in [4.69, 9.17) is 9.47 Å². The number of rotatable bonds is 41. The van der Waals surface area contributed by atoms with Crippen molar-refractivity contribution >= 4 is 17.6 Å². The van der Waals surface area contributed by atoms with Crippen molar-refractivity contribution in [2.75, 3.05) is 39.4 Å². The van der Waals surface area contributed by atoms with E-state index in [1.165, 1.54) is 186 Å². The standard InChI is InChI=1S/C55H98N2O5/c1-6-8-10-12-14-16-18-20-22-24-26-28-30-32-34-36-44-61-52-47-50(55(60)57-42-40-56(41-43-57)53(59)39-38-51(58)48(3)4)46-49(5)54(52)62-45-37-35-33-31-29-27-25-23-21-19-17-15-13-11-9-7-2/h46-48H,6-45H2,1-5H3. The van der Waals surface area contributed by atoms with Gasteiger partial charge in [0, 0.05) is 50.5 Å². The van der Waals surface area contributed by atoms with Crippen LogP contribution in [-0.2, 0) is 9.59 Å².